The molecule has 0 aromatic carbocycles. The van der Waals surface area contributed by atoms with Gasteiger partial charge in [0.15, 0.2) is 0 Å². The van der Waals surface area contributed by atoms with Crippen LogP contribution in [0.4, 0.5) is 0 Å². The fourth-order valence-corrected chi connectivity index (χ4v) is 1.35. The molecule has 1 rings (SSSR count). The van der Waals surface area contributed by atoms with E-state index in [1.165, 1.54) is 6.34 Å². The predicted molar refractivity (Wildman–Crippen MR) is 48.0 cm³/mol. The molecule has 0 radical (unpaired) electrons. The number of likely N-dealkylation sites (tertiary alicyclic amines) is 1. The molecule has 0 atom stereocenters. The van der Waals surface area contributed by atoms with Crippen molar-refractivity contribution in [2.24, 2.45) is 16.7 Å². The Hall–Kier alpha value is -1.30. The number of carboxylic acid groups (broad SMARTS) is 1. The number of rotatable bonds is 2. The maximum absolute atomic E-state index is 10.7. The van der Waals surface area contributed by atoms with E-state index < -0.39 is 11.5 Å². The minimum Gasteiger partial charge on any atom is -0.480 e. The highest BCUT2D eigenvalue weighted by Crippen LogP contribution is 2.18. The van der Waals surface area contributed by atoms with Crippen LogP contribution in [0.3, 0.4) is 0 Å². The molecule has 6 heteroatoms. The second-order valence-electron chi connectivity index (χ2n) is 3.26. The Morgan fingerprint density at radius 3 is 2.46 bits per heavy atom. The molecule has 0 aromatic rings. The monoisotopic (exact) mass is 186 g/mol. The molecule has 6 nitrogen and oxygen atoms in total. The minimum absolute atomic E-state index is 0.425. The lowest BCUT2D eigenvalue weighted by Crippen LogP contribution is -2.55. The molecule has 1 fully saturated rings. The maximum Gasteiger partial charge on any atom is 0.323 e. The van der Waals surface area contributed by atoms with Crippen LogP contribution in [0.2, 0.25) is 0 Å². The van der Waals surface area contributed by atoms with E-state index in [2.05, 4.69) is 5.10 Å². The largest absolute Gasteiger partial charge is 0.480 e. The van der Waals surface area contributed by atoms with Gasteiger partial charge in [0.25, 0.3) is 0 Å². The van der Waals surface area contributed by atoms with E-state index in [4.69, 9.17) is 16.7 Å². The second kappa shape index (κ2) is 3.61. The molecule has 0 amide bonds. The van der Waals surface area contributed by atoms with Crippen molar-refractivity contribution in [3.8, 4) is 0 Å². The molecule has 0 aliphatic carbocycles. The Kier molecular flexibility index (Phi) is 2.72. The van der Waals surface area contributed by atoms with Crippen LogP contribution in [-0.4, -0.2) is 40.9 Å². The fraction of sp³-hybridized carbons (Fsp3) is 0.714. The third-order valence-electron chi connectivity index (χ3n) is 2.35. The number of aliphatic carboxylic acids is 1. The average molecular weight is 186 g/mol. The zero-order valence-electron chi connectivity index (χ0n) is 7.31. The highest BCUT2D eigenvalue weighted by atomic mass is 16.4. The summed E-state index contributed by atoms with van der Waals surface area (Å²) in [4.78, 5) is 12.6. The summed E-state index contributed by atoms with van der Waals surface area (Å²) in [6, 6.07) is 0. The lowest BCUT2D eigenvalue weighted by atomic mass is 9.89. The van der Waals surface area contributed by atoms with E-state index in [1.807, 2.05) is 4.90 Å². The Morgan fingerprint density at radius 1 is 1.54 bits per heavy atom. The standard InChI is InChI=1S/C7H14N4O2/c8-7(6(12)13)1-3-11(4-2-7)5-10-9/h5H,1-4,8-9H2,(H,12,13). The first kappa shape index (κ1) is 9.79. The number of nitrogens with zero attached hydrogens (tertiary/aromatic N) is 2. The van der Waals surface area contributed by atoms with Crippen LogP contribution in [0.5, 0.6) is 0 Å². The number of piperidine rings is 1. The number of hydrazone groups is 1. The summed E-state index contributed by atoms with van der Waals surface area (Å²) in [7, 11) is 0. The van der Waals surface area contributed by atoms with Gasteiger partial charge in [-0.3, -0.25) is 4.79 Å². The summed E-state index contributed by atoms with van der Waals surface area (Å²) < 4.78 is 0. The van der Waals surface area contributed by atoms with Gasteiger partial charge in [-0.15, -0.1) is 0 Å². The molecule has 5 N–H and O–H groups in total. The molecular weight excluding hydrogens is 172 g/mol. The SMILES string of the molecule is NN=CN1CCC(N)(C(=O)O)CC1. The summed E-state index contributed by atoms with van der Waals surface area (Å²) >= 11 is 0. The number of carboxylic acids is 1. The molecule has 0 unspecified atom stereocenters. The van der Waals surface area contributed by atoms with Crippen LogP contribution in [0, 0.1) is 0 Å². The van der Waals surface area contributed by atoms with Gasteiger partial charge in [-0.2, -0.15) is 5.10 Å². The fourth-order valence-electron chi connectivity index (χ4n) is 1.35. The summed E-state index contributed by atoms with van der Waals surface area (Å²) in [5, 5.41) is 12.2. The molecule has 0 saturated carbocycles. The first-order valence-electron chi connectivity index (χ1n) is 4.08. The molecule has 1 saturated heterocycles. The topological polar surface area (TPSA) is 105 Å². The van der Waals surface area contributed by atoms with Gasteiger partial charge in [0.2, 0.25) is 0 Å². The van der Waals surface area contributed by atoms with Crippen molar-refractivity contribution in [3.63, 3.8) is 0 Å². The lowest BCUT2D eigenvalue weighted by Gasteiger charge is -2.34. The van der Waals surface area contributed by atoms with E-state index in [0.29, 0.717) is 25.9 Å². The summed E-state index contributed by atoms with van der Waals surface area (Å²) in [5.74, 6) is 4.03. The normalized spacial score (nSPS) is 22.1. The van der Waals surface area contributed by atoms with Gasteiger partial charge in [0.05, 0.1) is 0 Å². The number of nitrogens with two attached hydrogens (primary N) is 2. The summed E-state index contributed by atoms with van der Waals surface area (Å²) in [5.41, 5.74) is 4.59. The predicted octanol–water partition coefficient (Wildman–Crippen LogP) is -1.23. The molecule has 13 heavy (non-hydrogen) atoms. The molecular formula is C7H14N4O2. The van der Waals surface area contributed by atoms with E-state index >= 15 is 0 Å². The third kappa shape index (κ3) is 2.09. The highest BCUT2D eigenvalue weighted by molar-refractivity contribution is 5.78. The first-order valence-corrected chi connectivity index (χ1v) is 4.08. The van der Waals surface area contributed by atoms with E-state index in [1.54, 1.807) is 0 Å². The van der Waals surface area contributed by atoms with Gasteiger partial charge < -0.3 is 21.6 Å². The van der Waals surface area contributed by atoms with Crippen molar-refractivity contribution >= 4 is 12.3 Å². The van der Waals surface area contributed by atoms with Gasteiger partial charge in [-0.1, -0.05) is 0 Å². The van der Waals surface area contributed by atoms with Crippen LogP contribution >= 0.6 is 0 Å². The third-order valence-corrected chi connectivity index (χ3v) is 2.35. The smallest absolute Gasteiger partial charge is 0.323 e. The molecule has 0 spiro atoms. The minimum atomic E-state index is -1.07. The van der Waals surface area contributed by atoms with Crippen molar-refractivity contribution < 1.29 is 9.90 Å². The van der Waals surface area contributed by atoms with E-state index in [9.17, 15) is 4.79 Å². The van der Waals surface area contributed by atoms with Gasteiger partial charge in [-0.05, 0) is 12.8 Å². The molecule has 1 aliphatic heterocycles. The number of hydrogen-bond donors (Lipinski definition) is 3. The zero-order chi connectivity index (χ0) is 9.90. The molecule has 0 aromatic heterocycles. The molecule has 74 valence electrons. The maximum atomic E-state index is 10.7. The van der Waals surface area contributed by atoms with Crippen LogP contribution in [0.1, 0.15) is 12.8 Å². The Balaban J connectivity index is 2.51. The van der Waals surface area contributed by atoms with Crippen molar-refractivity contribution in [2.45, 2.75) is 18.4 Å². The van der Waals surface area contributed by atoms with Crippen LogP contribution in [0.25, 0.3) is 0 Å². The average Bonchev–Trinajstić information content (AvgIpc) is 2.09. The van der Waals surface area contributed by atoms with Crippen molar-refractivity contribution in [3.05, 3.63) is 0 Å². The highest BCUT2D eigenvalue weighted by Gasteiger charge is 2.36. The van der Waals surface area contributed by atoms with Gasteiger partial charge in [-0.25, -0.2) is 0 Å². The first-order chi connectivity index (χ1) is 6.08. The molecule has 0 bridgehead atoms. The second-order valence-corrected chi connectivity index (χ2v) is 3.26. The summed E-state index contributed by atoms with van der Waals surface area (Å²) in [6.07, 6.45) is 2.35. The number of carbonyl (C=O) groups is 1. The van der Waals surface area contributed by atoms with Crippen LogP contribution < -0.4 is 11.6 Å². The Morgan fingerprint density at radius 2 is 2.08 bits per heavy atom. The quantitative estimate of drug-likeness (QED) is 0.217. The molecule has 1 aliphatic rings. The lowest BCUT2D eigenvalue weighted by molar-refractivity contribution is -0.144. The van der Waals surface area contributed by atoms with Crippen LogP contribution in [0.15, 0.2) is 5.10 Å². The van der Waals surface area contributed by atoms with Crippen molar-refractivity contribution in [1.82, 2.24) is 4.90 Å². The van der Waals surface area contributed by atoms with E-state index in [0.717, 1.165) is 0 Å². The van der Waals surface area contributed by atoms with Crippen molar-refractivity contribution in [2.75, 3.05) is 13.1 Å². The van der Waals surface area contributed by atoms with Gasteiger partial charge >= 0.3 is 5.97 Å². The van der Waals surface area contributed by atoms with Crippen molar-refractivity contribution in [1.29, 1.82) is 0 Å². The Bertz CT molecular complexity index is 221. The number of hydrogen-bond acceptors (Lipinski definition) is 4. The Labute approximate surface area is 76.2 Å². The van der Waals surface area contributed by atoms with E-state index in [-0.39, 0.29) is 0 Å². The summed E-state index contributed by atoms with van der Waals surface area (Å²) in [6.45, 7) is 1.17. The molecule has 1 heterocycles. The van der Waals surface area contributed by atoms with Crippen LogP contribution in [-0.2, 0) is 4.79 Å². The van der Waals surface area contributed by atoms with Gasteiger partial charge in [0.1, 0.15) is 11.9 Å². The van der Waals surface area contributed by atoms with Gasteiger partial charge in [0, 0.05) is 13.1 Å². The zero-order valence-corrected chi connectivity index (χ0v) is 7.31.